The van der Waals surface area contributed by atoms with Crippen LogP contribution >= 0.6 is 0 Å². The highest BCUT2D eigenvalue weighted by atomic mass is 16.5. The average Bonchev–Trinajstić information content (AvgIpc) is 2.28. The summed E-state index contributed by atoms with van der Waals surface area (Å²) in [5.41, 5.74) is 0.265. The molecule has 0 fully saturated rings. The molecule has 0 aromatic rings. The Morgan fingerprint density at radius 1 is 1.38 bits per heavy atom. The molecule has 0 aliphatic rings. The first-order valence-corrected chi connectivity index (χ1v) is 4.76. The van der Waals surface area contributed by atoms with Gasteiger partial charge in [0.25, 0.3) is 0 Å². The van der Waals surface area contributed by atoms with Crippen molar-refractivity contribution in [1.29, 1.82) is 16.2 Å². The molecule has 0 amide bonds. The van der Waals surface area contributed by atoms with E-state index in [0.717, 1.165) is 12.6 Å². The molecular weight excluding hydrogens is 204 g/mol. The van der Waals surface area contributed by atoms with Crippen LogP contribution < -0.4 is 0 Å². The Hall–Kier alpha value is -2.04. The Morgan fingerprint density at radius 2 is 2.06 bits per heavy atom. The summed E-state index contributed by atoms with van der Waals surface area (Å²) < 4.78 is 5.14. The number of unbranched alkanes of at least 4 members (excludes halogenated alkanes) is 1. The van der Waals surface area contributed by atoms with E-state index in [0.29, 0.717) is 12.8 Å². The highest BCUT2D eigenvalue weighted by Crippen LogP contribution is 2.09. The van der Waals surface area contributed by atoms with Gasteiger partial charge in [-0.1, -0.05) is 6.58 Å². The van der Waals surface area contributed by atoms with E-state index >= 15 is 0 Å². The molecule has 0 radical (unpaired) electrons. The molecule has 0 saturated heterocycles. The highest BCUT2D eigenvalue weighted by Gasteiger charge is 2.05. The van der Waals surface area contributed by atoms with Gasteiger partial charge in [-0.3, -0.25) is 0 Å². The lowest BCUT2D eigenvalue weighted by atomic mass is 10.1. The van der Waals surface area contributed by atoms with Gasteiger partial charge in [0.1, 0.15) is 5.76 Å². The Balaban J connectivity index is 4.18. The van der Waals surface area contributed by atoms with Crippen LogP contribution in [0.4, 0.5) is 0 Å². The lowest BCUT2D eigenvalue weighted by Gasteiger charge is -2.08. The third kappa shape index (κ3) is 5.64. The summed E-state index contributed by atoms with van der Waals surface area (Å²) in [6, 6.07) is 0. The zero-order valence-electron chi connectivity index (χ0n) is 9.12. The van der Waals surface area contributed by atoms with Crippen LogP contribution in [0.15, 0.2) is 29.3 Å². The summed E-state index contributed by atoms with van der Waals surface area (Å²) in [4.78, 5) is 3.54. The molecule has 0 atom stereocenters. The van der Waals surface area contributed by atoms with Crippen molar-refractivity contribution in [2.45, 2.75) is 19.3 Å². The number of nitrogens with one attached hydrogen (secondary N) is 3. The molecule has 0 aliphatic heterocycles. The second kappa shape index (κ2) is 8.28. The molecule has 0 bridgehead atoms. The second-order valence-electron chi connectivity index (χ2n) is 2.93. The maximum absolute atomic E-state index is 7.63. The predicted octanol–water partition coefficient (Wildman–Crippen LogP) is 2.55. The summed E-state index contributed by atoms with van der Waals surface area (Å²) >= 11 is 0. The topological polar surface area (TPSA) is 93.1 Å². The molecular formula is C11H16N4O. The van der Waals surface area contributed by atoms with Gasteiger partial charge in [0.2, 0.25) is 5.88 Å². The van der Waals surface area contributed by atoms with Gasteiger partial charge >= 0.3 is 0 Å². The van der Waals surface area contributed by atoms with Gasteiger partial charge in [0, 0.05) is 12.3 Å². The Kier molecular flexibility index (Phi) is 7.23. The standard InChI is InChI=1S/C11H16N4O/c1-9(10(14)5-3-4-7-12)16-11(15-2)6-8-13/h6-8,12-14H,1-5H2. The predicted molar refractivity (Wildman–Crippen MR) is 67.0 cm³/mol. The lowest BCUT2D eigenvalue weighted by molar-refractivity contribution is 0.326. The molecule has 0 heterocycles. The molecule has 0 unspecified atom stereocenters. The van der Waals surface area contributed by atoms with Crippen LogP contribution in [0.25, 0.3) is 0 Å². The monoisotopic (exact) mass is 220 g/mol. The molecule has 0 aliphatic carbocycles. The highest BCUT2D eigenvalue weighted by molar-refractivity contribution is 5.95. The molecule has 5 heteroatoms. The number of hydrogen-bond acceptors (Lipinski definition) is 5. The van der Waals surface area contributed by atoms with Crippen molar-refractivity contribution in [2.24, 2.45) is 4.99 Å². The first kappa shape index (κ1) is 14.0. The summed E-state index contributed by atoms with van der Waals surface area (Å²) in [7, 11) is 0. The van der Waals surface area contributed by atoms with E-state index in [2.05, 4.69) is 18.3 Å². The molecule has 86 valence electrons. The molecule has 0 spiro atoms. The van der Waals surface area contributed by atoms with Gasteiger partial charge in [-0.05, 0) is 32.2 Å². The van der Waals surface area contributed by atoms with Gasteiger partial charge in [0.05, 0.1) is 5.71 Å². The van der Waals surface area contributed by atoms with Gasteiger partial charge in [-0.25, -0.2) is 4.99 Å². The van der Waals surface area contributed by atoms with E-state index < -0.39 is 0 Å². The fourth-order valence-electron chi connectivity index (χ4n) is 0.898. The summed E-state index contributed by atoms with van der Waals surface area (Å²) in [5, 5.41) is 21.3. The van der Waals surface area contributed by atoms with E-state index in [1.165, 1.54) is 12.3 Å². The fraction of sp³-hybridized carbons (Fsp3) is 0.273. The minimum absolute atomic E-state index is 0.150. The van der Waals surface area contributed by atoms with Crippen LogP contribution in [-0.4, -0.2) is 24.9 Å². The third-order valence-electron chi connectivity index (χ3n) is 1.72. The molecule has 0 aromatic heterocycles. The van der Waals surface area contributed by atoms with Crippen LogP contribution in [0.1, 0.15) is 19.3 Å². The molecule has 3 N–H and O–H groups in total. The Morgan fingerprint density at radius 3 is 2.56 bits per heavy atom. The van der Waals surface area contributed by atoms with Gasteiger partial charge in [0.15, 0.2) is 0 Å². The zero-order chi connectivity index (χ0) is 12.4. The number of aliphatic imine (C=N–C) groups is 1. The van der Waals surface area contributed by atoms with Crippen molar-refractivity contribution in [3.63, 3.8) is 0 Å². The SMILES string of the molecule is C=NC(=CC=N)OC(=C)C(=N)CCCC=N. The van der Waals surface area contributed by atoms with Crippen LogP contribution in [0.5, 0.6) is 0 Å². The average molecular weight is 220 g/mol. The molecule has 5 nitrogen and oxygen atoms in total. The minimum Gasteiger partial charge on any atom is -0.438 e. The Labute approximate surface area is 95.1 Å². The number of allylic oxidation sites excluding steroid dienone is 2. The number of nitrogens with zero attached hydrogens (tertiary/aromatic N) is 1. The largest absolute Gasteiger partial charge is 0.438 e. The van der Waals surface area contributed by atoms with Crippen molar-refractivity contribution in [2.75, 3.05) is 0 Å². The number of ether oxygens (including phenoxy) is 1. The molecule has 0 saturated carbocycles. The van der Waals surface area contributed by atoms with Gasteiger partial charge < -0.3 is 21.0 Å². The van der Waals surface area contributed by atoms with Crippen LogP contribution in [-0.2, 0) is 4.74 Å². The van der Waals surface area contributed by atoms with E-state index in [9.17, 15) is 0 Å². The van der Waals surface area contributed by atoms with Crippen LogP contribution in [0, 0.1) is 16.2 Å². The van der Waals surface area contributed by atoms with Gasteiger partial charge in [-0.2, -0.15) is 0 Å². The number of rotatable bonds is 9. The summed E-state index contributed by atoms with van der Waals surface area (Å²) in [5.74, 6) is 0.349. The molecule has 0 aromatic carbocycles. The van der Waals surface area contributed by atoms with Gasteiger partial charge in [-0.15, -0.1) is 0 Å². The van der Waals surface area contributed by atoms with Crippen LogP contribution in [0.2, 0.25) is 0 Å². The minimum atomic E-state index is 0.150. The second-order valence-corrected chi connectivity index (χ2v) is 2.93. The molecule has 16 heavy (non-hydrogen) atoms. The van der Waals surface area contributed by atoms with Crippen LogP contribution in [0.3, 0.4) is 0 Å². The maximum Gasteiger partial charge on any atom is 0.220 e. The number of hydrogen-bond donors (Lipinski definition) is 3. The molecule has 0 rings (SSSR count). The first-order valence-electron chi connectivity index (χ1n) is 4.76. The Bertz CT molecular complexity index is 331. The lowest BCUT2D eigenvalue weighted by Crippen LogP contribution is -2.04. The quantitative estimate of drug-likeness (QED) is 0.311. The smallest absolute Gasteiger partial charge is 0.220 e. The van der Waals surface area contributed by atoms with Crippen molar-refractivity contribution in [3.05, 3.63) is 24.3 Å². The van der Waals surface area contributed by atoms with E-state index in [-0.39, 0.29) is 17.4 Å². The normalized spacial score (nSPS) is 10.4. The maximum atomic E-state index is 7.63. The fourth-order valence-corrected chi connectivity index (χ4v) is 0.898. The third-order valence-corrected chi connectivity index (χ3v) is 1.72. The van der Waals surface area contributed by atoms with Crippen molar-refractivity contribution in [1.82, 2.24) is 0 Å². The zero-order valence-corrected chi connectivity index (χ0v) is 9.12. The van der Waals surface area contributed by atoms with E-state index in [1.54, 1.807) is 0 Å². The van der Waals surface area contributed by atoms with Crippen molar-refractivity contribution < 1.29 is 4.74 Å². The summed E-state index contributed by atoms with van der Waals surface area (Å²) in [6.45, 7) is 6.88. The summed E-state index contributed by atoms with van der Waals surface area (Å²) in [6.07, 6.45) is 5.51. The van der Waals surface area contributed by atoms with E-state index in [1.807, 2.05) is 0 Å². The first-order chi connectivity index (χ1) is 7.65. The van der Waals surface area contributed by atoms with Crippen molar-refractivity contribution >= 4 is 24.9 Å². The van der Waals surface area contributed by atoms with Crippen molar-refractivity contribution in [3.8, 4) is 0 Å². The van der Waals surface area contributed by atoms with E-state index in [4.69, 9.17) is 21.0 Å².